The number of hydrogen-bond donors (Lipinski definition) is 2. The molecule has 1 aliphatic rings. The zero-order valence-corrected chi connectivity index (χ0v) is 20.2. The van der Waals surface area contributed by atoms with Crippen molar-refractivity contribution < 1.29 is 4.74 Å². The minimum Gasteiger partial charge on any atom is -0.496 e. The molecule has 2 rings (SSSR count). The van der Waals surface area contributed by atoms with Crippen molar-refractivity contribution in [3.63, 3.8) is 0 Å². The van der Waals surface area contributed by atoms with Crippen LogP contribution < -0.4 is 15.4 Å². The molecular formula is C21H38IN5O. The van der Waals surface area contributed by atoms with Gasteiger partial charge >= 0.3 is 0 Å². The Bertz CT molecular complexity index is 576. The summed E-state index contributed by atoms with van der Waals surface area (Å²) in [6.45, 7) is 12.7. The third-order valence-corrected chi connectivity index (χ3v) is 4.95. The molecule has 0 saturated carbocycles. The van der Waals surface area contributed by atoms with E-state index in [2.05, 4.69) is 53.5 Å². The Morgan fingerprint density at radius 1 is 1.18 bits per heavy atom. The van der Waals surface area contributed by atoms with Gasteiger partial charge in [-0.25, -0.2) is 0 Å². The maximum absolute atomic E-state index is 5.43. The molecule has 1 aromatic carbocycles. The van der Waals surface area contributed by atoms with Crippen LogP contribution >= 0.6 is 24.0 Å². The first-order valence-corrected chi connectivity index (χ1v) is 10.2. The van der Waals surface area contributed by atoms with E-state index in [1.807, 2.05) is 12.1 Å². The fourth-order valence-electron chi connectivity index (χ4n) is 3.34. The zero-order chi connectivity index (χ0) is 19.5. The minimum absolute atomic E-state index is 0. The van der Waals surface area contributed by atoms with Crippen LogP contribution in [0.3, 0.4) is 0 Å². The van der Waals surface area contributed by atoms with Gasteiger partial charge in [0.15, 0.2) is 5.96 Å². The molecule has 1 aliphatic heterocycles. The summed E-state index contributed by atoms with van der Waals surface area (Å²) in [5.74, 6) is 2.40. The Morgan fingerprint density at radius 2 is 1.89 bits per heavy atom. The average Bonchev–Trinajstić information content (AvgIpc) is 2.68. The number of aliphatic imine (C=N–C) groups is 1. The van der Waals surface area contributed by atoms with Crippen LogP contribution in [0.5, 0.6) is 5.75 Å². The van der Waals surface area contributed by atoms with Crippen molar-refractivity contribution in [1.29, 1.82) is 0 Å². The number of halogens is 1. The van der Waals surface area contributed by atoms with Gasteiger partial charge in [0, 0.05) is 52.4 Å². The van der Waals surface area contributed by atoms with Gasteiger partial charge < -0.3 is 25.2 Å². The highest BCUT2D eigenvalue weighted by molar-refractivity contribution is 14.0. The summed E-state index contributed by atoms with van der Waals surface area (Å²) in [5, 5.41) is 6.80. The number of methoxy groups -OCH3 is 1. The van der Waals surface area contributed by atoms with E-state index in [4.69, 9.17) is 9.73 Å². The normalized spacial score (nSPS) is 16.9. The number of piperazine rings is 1. The molecule has 0 bridgehead atoms. The summed E-state index contributed by atoms with van der Waals surface area (Å²) >= 11 is 0. The quantitative estimate of drug-likeness (QED) is 0.308. The van der Waals surface area contributed by atoms with Crippen LogP contribution in [0.15, 0.2) is 29.3 Å². The molecule has 0 amide bonds. The van der Waals surface area contributed by atoms with Gasteiger partial charge in [-0.15, -0.1) is 24.0 Å². The predicted octanol–water partition coefficient (Wildman–Crippen LogP) is 2.29. The molecule has 28 heavy (non-hydrogen) atoms. The monoisotopic (exact) mass is 503 g/mol. The minimum atomic E-state index is 0. The van der Waals surface area contributed by atoms with Crippen molar-refractivity contribution in [1.82, 2.24) is 20.4 Å². The Kier molecular flexibility index (Phi) is 12.5. The van der Waals surface area contributed by atoms with E-state index in [9.17, 15) is 0 Å². The van der Waals surface area contributed by atoms with Crippen LogP contribution in [-0.4, -0.2) is 82.3 Å². The van der Waals surface area contributed by atoms with Crippen molar-refractivity contribution >= 4 is 29.9 Å². The van der Waals surface area contributed by atoms with E-state index < -0.39 is 0 Å². The summed E-state index contributed by atoms with van der Waals surface area (Å²) in [6.07, 6.45) is 0.908. The molecule has 0 aliphatic carbocycles. The molecule has 7 heteroatoms. The van der Waals surface area contributed by atoms with Crippen molar-refractivity contribution in [3.8, 4) is 5.75 Å². The zero-order valence-electron chi connectivity index (χ0n) is 17.9. The SMILES string of the molecule is CCNC(=NCC(C)CN1CCN(C)CC1)NCCc1ccccc1OC.I. The lowest BCUT2D eigenvalue weighted by Gasteiger charge is -2.33. The lowest BCUT2D eigenvalue weighted by atomic mass is 10.1. The molecule has 6 nitrogen and oxygen atoms in total. The molecular weight excluding hydrogens is 465 g/mol. The van der Waals surface area contributed by atoms with Gasteiger partial charge in [0.05, 0.1) is 7.11 Å². The van der Waals surface area contributed by atoms with Crippen molar-refractivity contribution in [2.45, 2.75) is 20.3 Å². The number of guanidine groups is 1. The highest BCUT2D eigenvalue weighted by Gasteiger charge is 2.16. The molecule has 1 heterocycles. The fourth-order valence-corrected chi connectivity index (χ4v) is 3.34. The highest BCUT2D eigenvalue weighted by Crippen LogP contribution is 2.17. The molecule has 0 spiro atoms. The van der Waals surface area contributed by atoms with Crippen LogP contribution in [0.1, 0.15) is 19.4 Å². The van der Waals surface area contributed by atoms with Gasteiger partial charge in [-0.3, -0.25) is 4.99 Å². The third-order valence-electron chi connectivity index (χ3n) is 4.95. The van der Waals surface area contributed by atoms with E-state index in [1.165, 1.54) is 31.7 Å². The van der Waals surface area contributed by atoms with E-state index in [0.717, 1.165) is 44.3 Å². The number of ether oxygens (including phenoxy) is 1. The molecule has 1 aromatic rings. The molecule has 1 unspecified atom stereocenters. The number of likely N-dealkylation sites (N-methyl/N-ethyl adjacent to an activating group) is 1. The lowest BCUT2D eigenvalue weighted by Crippen LogP contribution is -2.46. The topological polar surface area (TPSA) is 52.1 Å². The van der Waals surface area contributed by atoms with Crippen LogP contribution in [0.25, 0.3) is 0 Å². The smallest absolute Gasteiger partial charge is 0.191 e. The molecule has 1 fully saturated rings. The van der Waals surface area contributed by atoms with Gasteiger partial charge in [-0.1, -0.05) is 25.1 Å². The molecule has 160 valence electrons. The summed E-state index contributed by atoms with van der Waals surface area (Å²) in [5.41, 5.74) is 1.21. The van der Waals surface area contributed by atoms with E-state index in [-0.39, 0.29) is 24.0 Å². The third kappa shape index (κ3) is 8.96. The Hall–Kier alpha value is -1.06. The Labute approximate surface area is 188 Å². The Morgan fingerprint density at radius 3 is 2.57 bits per heavy atom. The Balaban J connectivity index is 0.00000392. The standard InChI is InChI=1S/C21H37N5O.HI/c1-5-22-21(23-11-10-19-8-6-7-9-20(19)27-4)24-16-18(2)17-26-14-12-25(3)13-15-26;/h6-9,18H,5,10-17H2,1-4H3,(H2,22,23,24);1H. The van der Waals surface area contributed by atoms with Crippen LogP contribution in [0.4, 0.5) is 0 Å². The van der Waals surface area contributed by atoms with Crippen molar-refractivity contribution in [2.75, 3.05) is 66.5 Å². The van der Waals surface area contributed by atoms with Crippen molar-refractivity contribution in [3.05, 3.63) is 29.8 Å². The van der Waals surface area contributed by atoms with Gasteiger partial charge in [0.25, 0.3) is 0 Å². The maximum atomic E-state index is 5.43. The number of hydrogen-bond acceptors (Lipinski definition) is 4. The lowest BCUT2D eigenvalue weighted by molar-refractivity contribution is 0.140. The summed E-state index contributed by atoms with van der Waals surface area (Å²) in [4.78, 5) is 9.75. The molecule has 0 radical (unpaired) electrons. The number of benzene rings is 1. The van der Waals surface area contributed by atoms with E-state index in [1.54, 1.807) is 7.11 Å². The van der Waals surface area contributed by atoms with Crippen LogP contribution in [0, 0.1) is 5.92 Å². The van der Waals surface area contributed by atoms with Gasteiger partial charge in [0.1, 0.15) is 5.75 Å². The second kappa shape index (κ2) is 14.0. The van der Waals surface area contributed by atoms with Gasteiger partial charge in [-0.2, -0.15) is 0 Å². The number of nitrogens with one attached hydrogen (secondary N) is 2. The number of rotatable bonds is 9. The van der Waals surface area contributed by atoms with Gasteiger partial charge in [-0.05, 0) is 37.9 Å². The second-order valence-electron chi connectivity index (χ2n) is 7.42. The first-order chi connectivity index (χ1) is 13.1. The second-order valence-corrected chi connectivity index (χ2v) is 7.42. The predicted molar refractivity (Wildman–Crippen MR) is 129 cm³/mol. The maximum Gasteiger partial charge on any atom is 0.191 e. The summed E-state index contributed by atoms with van der Waals surface area (Å²) in [7, 11) is 3.92. The summed E-state index contributed by atoms with van der Waals surface area (Å²) in [6, 6.07) is 8.18. The number of nitrogens with zero attached hydrogens (tertiary/aromatic N) is 3. The number of para-hydroxylation sites is 1. The van der Waals surface area contributed by atoms with Crippen LogP contribution in [-0.2, 0) is 6.42 Å². The van der Waals surface area contributed by atoms with Gasteiger partial charge in [0.2, 0.25) is 0 Å². The molecule has 0 aromatic heterocycles. The molecule has 1 atom stereocenters. The van der Waals surface area contributed by atoms with E-state index in [0.29, 0.717) is 5.92 Å². The van der Waals surface area contributed by atoms with Crippen molar-refractivity contribution in [2.24, 2.45) is 10.9 Å². The highest BCUT2D eigenvalue weighted by atomic mass is 127. The first-order valence-electron chi connectivity index (χ1n) is 10.2. The summed E-state index contributed by atoms with van der Waals surface area (Å²) < 4.78 is 5.43. The fraction of sp³-hybridized carbons (Fsp3) is 0.667. The van der Waals surface area contributed by atoms with Crippen LogP contribution in [0.2, 0.25) is 0 Å². The first kappa shape index (κ1) is 25.0. The largest absolute Gasteiger partial charge is 0.496 e. The average molecular weight is 503 g/mol. The van der Waals surface area contributed by atoms with E-state index >= 15 is 0 Å². The molecule has 1 saturated heterocycles. The molecule has 2 N–H and O–H groups in total.